The predicted octanol–water partition coefficient (Wildman–Crippen LogP) is 5.48. The molecule has 0 aliphatic heterocycles. The van der Waals surface area contributed by atoms with Crippen molar-refractivity contribution in [1.82, 2.24) is 14.8 Å². The van der Waals surface area contributed by atoms with Crippen molar-refractivity contribution in [2.45, 2.75) is 32.0 Å². The van der Waals surface area contributed by atoms with Gasteiger partial charge in [0.2, 0.25) is 11.8 Å². The first-order valence-electron chi connectivity index (χ1n) is 9.63. The number of aromatic nitrogens is 3. The number of aryl methyl sites for hydroxylation is 1. The summed E-state index contributed by atoms with van der Waals surface area (Å²) in [6, 6.07) is 10.3. The van der Waals surface area contributed by atoms with Crippen molar-refractivity contribution in [3.05, 3.63) is 62.9 Å². The number of rotatable bonds is 8. The lowest BCUT2D eigenvalue weighted by Crippen LogP contribution is -2.18. The maximum absolute atomic E-state index is 12.5. The summed E-state index contributed by atoms with van der Waals surface area (Å²) in [5.41, 5.74) is 2.00. The second kappa shape index (κ2) is 11.0. The molecular formula is C21H20Cl3N5O2S. The van der Waals surface area contributed by atoms with Crippen molar-refractivity contribution in [1.29, 1.82) is 0 Å². The number of anilines is 2. The van der Waals surface area contributed by atoms with Crippen LogP contribution in [0.5, 0.6) is 0 Å². The molecule has 0 bridgehead atoms. The number of thioether (sulfide) groups is 1. The van der Waals surface area contributed by atoms with E-state index in [2.05, 4.69) is 20.8 Å². The third-order valence-electron chi connectivity index (χ3n) is 4.46. The molecule has 1 aromatic heterocycles. The number of nitrogens with zero attached hydrogens (tertiary/aromatic N) is 3. The highest BCUT2D eigenvalue weighted by molar-refractivity contribution is 7.99. The Hall–Kier alpha value is -2.26. The van der Waals surface area contributed by atoms with Crippen LogP contribution < -0.4 is 10.6 Å². The highest BCUT2D eigenvalue weighted by Gasteiger charge is 2.17. The molecule has 0 saturated carbocycles. The summed E-state index contributed by atoms with van der Waals surface area (Å²) in [6.45, 7) is 4.35. The molecule has 0 aliphatic carbocycles. The monoisotopic (exact) mass is 511 g/mol. The average molecular weight is 513 g/mol. The molecule has 168 valence electrons. The molecule has 0 saturated heterocycles. The van der Waals surface area contributed by atoms with Crippen LogP contribution in [0.15, 0.2) is 41.6 Å². The van der Waals surface area contributed by atoms with E-state index in [1.165, 1.54) is 11.8 Å². The van der Waals surface area contributed by atoms with Crippen LogP contribution in [0.4, 0.5) is 11.4 Å². The molecular weight excluding hydrogens is 493 g/mol. The van der Waals surface area contributed by atoms with Gasteiger partial charge in [0.15, 0.2) is 5.16 Å². The molecule has 32 heavy (non-hydrogen) atoms. The van der Waals surface area contributed by atoms with Crippen molar-refractivity contribution >= 4 is 69.8 Å². The first-order chi connectivity index (χ1) is 15.3. The van der Waals surface area contributed by atoms with Crippen LogP contribution in [0, 0.1) is 6.92 Å². The minimum atomic E-state index is -0.304. The summed E-state index contributed by atoms with van der Waals surface area (Å²) in [5.74, 6) is 0.119. The number of amides is 2. The second-order valence-electron chi connectivity index (χ2n) is 6.77. The van der Waals surface area contributed by atoms with Crippen LogP contribution in [-0.2, 0) is 22.6 Å². The van der Waals surface area contributed by atoms with Crippen molar-refractivity contribution in [2.24, 2.45) is 0 Å². The zero-order valence-electron chi connectivity index (χ0n) is 17.3. The molecule has 2 amide bonds. The standard InChI is InChI=1S/C21H20Cl3N5O2S/c1-3-29-17(10-18(30)25-15-6-4-5-14(23)20(15)24)27-28-21(29)32-11-19(31)26-16-9-13(22)8-7-12(16)2/h4-9H,3,10-11H2,1-2H3,(H,25,30)(H,26,31). The maximum Gasteiger partial charge on any atom is 0.234 e. The van der Waals surface area contributed by atoms with Crippen LogP contribution in [0.3, 0.4) is 0 Å². The number of hydrogen-bond donors (Lipinski definition) is 2. The highest BCUT2D eigenvalue weighted by atomic mass is 35.5. The van der Waals surface area contributed by atoms with Gasteiger partial charge in [-0.1, -0.05) is 58.7 Å². The molecule has 0 atom stereocenters. The van der Waals surface area contributed by atoms with Gasteiger partial charge in [0.05, 0.1) is 27.9 Å². The Balaban J connectivity index is 1.61. The van der Waals surface area contributed by atoms with E-state index in [4.69, 9.17) is 34.8 Å². The lowest BCUT2D eigenvalue weighted by atomic mass is 10.2. The average Bonchev–Trinajstić information content (AvgIpc) is 3.13. The van der Waals surface area contributed by atoms with E-state index >= 15 is 0 Å². The fraction of sp³-hybridized carbons (Fsp3) is 0.238. The van der Waals surface area contributed by atoms with Crippen molar-refractivity contribution < 1.29 is 9.59 Å². The van der Waals surface area contributed by atoms with Gasteiger partial charge in [0.25, 0.3) is 0 Å². The Bertz CT molecular complexity index is 1150. The van der Waals surface area contributed by atoms with Gasteiger partial charge in [0, 0.05) is 17.3 Å². The first kappa shape index (κ1) is 24.4. The zero-order valence-corrected chi connectivity index (χ0v) is 20.4. The topological polar surface area (TPSA) is 88.9 Å². The number of halogens is 3. The minimum Gasteiger partial charge on any atom is -0.325 e. The van der Waals surface area contributed by atoms with E-state index in [1.54, 1.807) is 34.9 Å². The zero-order chi connectivity index (χ0) is 23.3. The molecule has 2 aromatic carbocycles. The SMILES string of the molecule is CCn1c(CC(=O)Nc2cccc(Cl)c2Cl)nnc1SCC(=O)Nc1cc(Cl)ccc1C. The van der Waals surface area contributed by atoms with Crippen molar-refractivity contribution in [3.8, 4) is 0 Å². The van der Waals surface area contributed by atoms with E-state index < -0.39 is 0 Å². The van der Waals surface area contributed by atoms with Crippen LogP contribution in [-0.4, -0.2) is 32.3 Å². The van der Waals surface area contributed by atoms with Gasteiger partial charge in [-0.05, 0) is 43.7 Å². The quantitative estimate of drug-likeness (QED) is 0.390. The van der Waals surface area contributed by atoms with E-state index in [9.17, 15) is 9.59 Å². The predicted molar refractivity (Wildman–Crippen MR) is 130 cm³/mol. The fourth-order valence-electron chi connectivity index (χ4n) is 2.86. The molecule has 0 unspecified atom stereocenters. The summed E-state index contributed by atoms with van der Waals surface area (Å²) >= 11 is 19.3. The number of nitrogens with one attached hydrogen (secondary N) is 2. The molecule has 1 heterocycles. The van der Waals surface area contributed by atoms with E-state index in [1.807, 2.05) is 19.9 Å². The fourth-order valence-corrected chi connectivity index (χ4v) is 4.20. The molecule has 0 aliphatic rings. The van der Waals surface area contributed by atoms with Gasteiger partial charge >= 0.3 is 0 Å². The minimum absolute atomic E-state index is 0.00184. The largest absolute Gasteiger partial charge is 0.325 e. The van der Waals surface area contributed by atoms with Gasteiger partial charge in [0.1, 0.15) is 5.82 Å². The Morgan fingerprint density at radius 1 is 1.03 bits per heavy atom. The van der Waals surface area contributed by atoms with Crippen LogP contribution in [0.2, 0.25) is 15.1 Å². The molecule has 3 aromatic rings. The normalized spacial score (nSPS) is 10.8. The Morgan fingerprint density at radius 2 is 1.78 bits per heavy atom. The molecule has 7 nitrogen and oxygen atoms in total. The smallest absolute Gasteiger partial charge is 0.234 e. The van der Waals surface area contributed by atoms with E-state index in [0.29, 0.717) is 38.9 Å². The molecule has 0 radical (unpaired) electrons. The maximum atomic E-state index is 12.5. The number of hydrogen-bond acceptors (Lipinski definition) is 5. The third kappa shape index (κ3) is 6.16. The molecule has 0 spiro atoms. The van der Waals surface area contributed by atoms with E-state index in [-0.39, 0.29) is 29.0 Å². The van der Waals surface area contributed by atoms with Gasteiger partial charge in [-0.2, -0.15) is 0 Å². The van der Waals surface area contributed by atoms with Crippen LogP contribution >= 0.6 is 46.6 Å². The summed E-state index contributed by atoms with van der Waals surface area (Å²) < 4.78 is 1.79. The Labute approximate surface area is 204 Å². The molecule has 0 fully saturated rings. The number of benzene rings is 2. The molecule has 11 heteroatoms. The Morgan fingerprint density at radius 3 is 2.53 bits per heavy atom. The first-order valence-corrected chi connectivity index (χ1v) is 11.7. The van der Waals surface area contributed by atoms with Crippen molar-refractivity contribution in [2.75, 3.05) is 16.4 Å². The lowest BCUT2D eigenvalue weighted by Gasteiger charge is -2.10. The molecule has 3 rings (SSSR count). The number of carbonyl (C=O) groups is 2. The molecule has 2 N–H and O–H groups in total. The van der Waals surface area contributed by atoms with E-state index in [0.717, 1.165) is 5.56 Å². The summed E-state index contributed by atoms with van der Waals surface area (Å²) in [4.78, 5) is 24.9. The Kier molecular flexibility index (Phi) is 8.42. The van der Waals surface area contributed by atoms with Gasteiger partial charge in [-0.3, -0.25) is 9.59 Å². The van der Waals surface area contributed by atoms with Gasteiger partial charge < -0.3 is 15.2 Å². The number of carbonyl (C=O) groups excluding carboxylic acids is 2. The van der Waals surface area contributed by atoms with Gasteiger partial charge in [-0.25, -0.2) is 0 Å². The summed E-state index contributed by atoms with van der Waals surface area (Å²) in [6.07, 6.45) is -0.00184. The summed E-state index contributed by atoms with van der Waals surface area (Å²) in [7, 11) is 0. The highest BCUT2D eigenvalue weighted by Crippen LogP contribution is 2.29. The van der Waals surface area contributed by atoms with Gasteiger partial charge in [-0.15, -0.1) is 10.2 Å². The lowest BCUT2D eigenvalue weighted by molar-refractivity contribution is -0.116. The van der Waals surface area contributed by atoms with Crippen LogP contribution in [0.25, 0.3) is 0 Å². The second-order valence-corrected chi connectivity index (χ2v) is 8.93. The van der Waals surface area contributed by atoms with Crippen LogP contribution in [0.1, 0.15) is 18.3 Å². The summed E-state index contributed by atoms with van der Waals surface area (Å²) in [5, 5.41) is 15.6. The third-order valence-corrected chi connectivity index (χ3v) is 6.48. The van der Waals surface area contributed by atoms with Crippen molar-refractivity contribution in [3.63, 3.8) is 0 Å².